The number of carbonyl (C=O) groups excluding carboxylic acids is 1. The van der Waals surface area contributed by atoms with Gasteiger partial charge in [0.15, 0.2) is 28.8 Å². The van der Waals surface area contributed by atoms with Crippen LogP contribution in [0.4, 0.5) is 17.6 Å². The van der Waals surface area contributed by atoms with E-state index in [9.17, 15) is 4.79 Å². The molecule has 0 bridgehead atoms. The number of likely N-dealkylation sites (N-methyl/N-ethyl adjacent to an activating group) is 1. The van der Waals surface area contributed by atoms with E-state index in [0.29, 0.717) is 45.5 Å². The molecule has 4 aromatic heterocycles. The number of aryl methyl sites for hydroxylation is 1. The Morgan fingerprint density at radius 3 is 2.55 bits per heavy atom. The van der Waals surface area contributed by atoms with Crippen LogP contribution in [0.15, 0.2) is 30.9 Å². The number of nitrogens with zero attached hydrogens (tertiary/aromatic N) is 9. The lowest BCUT2D eigenvalue weighted by Gasteiger charge is -2.23. The van der Waals surface area contributed by atoms with Crippen LogP contribution in [0.2, 0.25) is 5.02 Å². The second kappa shape index (κ2) is 11.4. The molecule has 0 aromatic carbocycles. The molecule has 1 saturated carbocycles. The molecule has 1 aliphatic heterocycles. The van der Waals surface area contributed by atoms with E-state index in [1.54, 1.807) is 7.05 Å². The van der Waals surface area contributed by atoms with Crippen LogP contribution in [0.3, 0.4) is 0 Å². The van der Waals surface area contributed by atoms with Gasteiger partial charge in [0.25, 0.3) is 0 Å². The molecule has 1 saturated heterocycles. The molecular weight excluding hydrogens is 582 g/mol. The topological polar surface area (TPSA) is 145 Å². The van der Waals surface area contributed by atoms with Gasteiger partial charge in [-0.3, -0.25) is 14.4 Å². The average Bonchev–Trinajstić information content (AvgIpc) is 3.48. The predicted octanol–water partition coefficient (Wildman–Crippen LogP) is 4.23. The molecule has 6 rings (SSSR count). The summed E-state index contributed by atoms with van der Waals surface area (Å²) in [6, 6.07) is 2.41. The number of nitrogens with two attached hydrogens (primary N) is 1. The molecule has 2 fully saturated rings. The monoisotopic (exact) mass is 619 g/mol. The summed E-state index contributed by atoms with van der Waals surface area (Å²) in [5.41, 5.74) is 8.39. The van der Waals surface area contributed by atoms with E-state index in [1.807, 2.05) is 11.6 Å². The van der Waals surface area contributed by atoms with Crippen molar-refractivity contribution in [1.82, 2.24) is 39.2 Å². The van der Waals surface area contributed by atoms with Gasteiger partial charge in [-0.1, -0.05) is 32.4 Å². The largest absolute Gasteiger partial charge is 0.450 e. The third kappa shape index (κ3) is 5.69. The third-order valence-corrected chi connectivity index (χ3v) is 8.49. The normalized spacial score (nSPS) is 17.8. The summed E-state index contributed by atoms with van der Waals surface area (Å²) in [5.74, 6) is 2.33. The molecular formula is C30H38ClN11O2. The number of anilines is 3. The van der Waals surface area contributed by atoms with Gasteiger partial charge in [-0.15, -0.1) is 0 Å². The van der Waals surface area contributed by atoms with Gasteiger partial charge in [0, 0.05) is 49.9 Å². The van der Waals surface area contributed by atoms with Gasteiger partial charge >= 0.3 is 0 Å². The minimum absolute atomic E-state index is 0.0405. The number of likely N-dealkylation sites (tertiary alicyclic amines) is 1. The summed E-state index contributed by atoms with van der Waals surface area (Å²) in [4.78, 5) is 34.2. The van der Waals surface area contributed by atoms with Crippen molar-refractivity contribution in [3.05, 3.63) is 47.3 Å². The number of hydrogen-bond donors (Lipinski definition) is 2. The first-order valence-electron chi connectivity index (χ1n) is 14.7. The van der Waals surface area contributed by atoms with E-state index in [1.165, 1.54) is 29.7 Å². The first kappa shape index (κ1) is 29.8. The number of nitrogens with one attached hydrogen (secondary N) is 1. The van der Waals surface area contributed by atoms with Crippen molar-refractivity contribution >= 4 is 52.0 Å². The number of aromatic nitrogens is 7. The van der Waals surface area contributed by atoms with Gasteiger partial charge in [-0.05, 0) is 32.9 Å². The second-order valence-corrected chi connectivity index (χ2v) is 13.0. The van der Waals surface area contributed by atoms with E-state index in [2.05, 4.69) is 68.7 Å². The predicted molar refractivity (Wildman–Crippen MR) is 170 cm³/mol. The van der Waals surface area contributed by atoms with Gasteiger partial charge in [-0.25, -0.2) is 15.0 Å². The number of rotatable bonds is 8. The fourth-order valence-corrected chi connectivity index (χ4v) is 5.74. The molecule has 0 radical (unpaired) electrons. The van der Waals surface area contributed by atoms with Crippen molar-refractivity contribution < 1.29 is 9.53 Å². The van der Waals surface area contributed by atoms with Crippen molar-refractivity contribution in [1.29, 1.82) is 0 Å². The zero-order chi connectivity index (χ0) is 31.3. The Bertz CT molecular complexity index is 1730. The van der Waals surface area contributed by atoms with Gasteiger partial charge in [0.05, 0.1) is 24.6 Å². The smallest absolute Gasteiger partial charge is 0.231 e. The number of pyridine rings is 1. The Kier molecular flexibility index (Phi) is 7.70. The highest BCUT2D eigenvalue weighted by molar-refractivity contribution is 6.36. The maximum atomic E-state index is 12.4. The minimum atomic E-state index is -0.0829. The number of halogens is 1. The Morgan fingerprint density at radius 2 is 1.93 bits per heavy atom. The average molecular weight is 620 g/mol. The Morgan fingerprint density at radius 1 is 1.16 bits per heavy atom. The number of ether oxygens (including phenoxy) is 1. The molecule has 1 amide bonds. The minimum Gasteiger partial charge on any atom is -0.450 e. The van der Waals surface area contributed by atoms with Crippen molar-refractivity contribution in [3.63, 3.8) is 0 Å². The van der Waals surface area contributed by atoms with Crippen molar-refractivity contribution in [2.24, 2.45) is 18.7 Å². The molecule has 232 valence electrons. The number of amides is 1. The summed E-state index contributed by atoms with van der Waals surface area (Å²) >= 11 is 6.85. The second-order valence-electron chi connectivity index (χ2n) is 12.6. The standard InChI is InChI=1S/C30H38ClN11O2/c1-30(2,3)22-11-23(38-42(22)18-9-10-39(4)16-18)36-29-37-27-26(41(29)6)25(31)21(14-35-27)44-20(12-32)19-13-34-24(15-33-19)40(5)28(43)17-7-8-17/h11-15,17-18H,7-10,16,32H2,1-6H3,(H,35,36,37,38)/b20-12+. The van der Waals surface area contributed by atoms with Gasteiger partial charge in [-0.2, -0.15) is 10.1 Å². The van der Waals surface area contributed by atoms with E-state index in [-0.39, 0.29) is 28.7 Å². The SMILES string of the molecule is CN1CCC(n2nc(Nc3nc4ncc(O/C(=C/N)c5cnc(N(C)C(=O)C6CC6)cn5)c(Cl)c4n3C)cc2C(C)(C)C)C1. The van der Waals surface area contributed by atoms with Crippen molar-refractivity contribution in [3.8, 4) is 5.75 Å². The summed E-state index contributed by atoms with van der Waals surface area (Å²) in [6.45, 7) is 8.60. The van der Waals surface area contributed by atoms with Crippen molar-refractivity contribution in [2.45, 2.75) is 51.5 Å². The van der Waals surface area contributed by atoms with Crippen molar-refractivity contribution in [2.75, 3.05) is 37.4 Å². The van der Waals surface area contributed by atoms with Gasteiger partial charge in [0.1, 0.15) is 16.2 Å². The molecule has 4 aromatic rings. The third-order valence-electron chi connectivity index (χ3n) is 8.12. The highest BCUT2D eigenvalue weighted by Gasteiger charge is 2.33. The molecule has 0 spiro atoms. The zero-order valence-corrected chi connectivity index (χ0v) is 26.6. The van der Waals surface area contributed by atoms with E-state index in [0.717, 1.165) is 38.0 Å². The lowest BCUT2D eigenvalue weighted by atomic mass is 9.91. The first-order valence-corrected chi connectivity index (χ1v) is 15.1. The quantitative estimate of drug-likeness (QED) is 0.275. The summed E-state index contributed by atoms with van der Waals surface area (Å²) in [7, 11) is 5.69. The lowest BCUT2D eigenvalue weighted by molar-refractivity contribution is -0.119. The first-order chi connectivity index (χ1) is 20.9. The van der Waals surface area contributed by atoms with Crippen LogP contribution < -0.4 is 20.7 Å². The fourth-order valence-electron chi connectivity index (χ4n) is 5.44. The van der Waals surface area contributed by atoms with E-state index in [4.69, 9.17) is 27.2 Å². The Labute approximate surface area is 261 Å². The molecule has 1 atom stereocenters. The maximum Gasteiger partial charge on any atom is 0.231 e. The van der Waals surface area contributed by atoms with Gasteiger partial charge in [0.2, 0.25) is 11.9 Å². The Balaban J connectivity index is 1.24. The van der Waals surface area contributed by atoms with Crippen LogP contribution in [0, 0.1) is 5.92 Å². The lowest BCUT2D eigenvalue weighted by Crippen LogP contribution is -2.28. The molecule has 2 aliphatic rings. The van der Waals surface area contributed by atoms with Crippen LogP contribution in [0.5, 0.6) is 5.75 Å². The van der Waals surface area contributed by atoms with Crippen LogP contribution in [-0.4, -0.2) is 72.3 Å². The molecule has 1 unspecified atom stereocenters. The number of hydrogen-bond acceptors (Lipinski definition) is 10. The highest BCUT2D eigenvalue weighted by Crippen LogP contribution is 2.36. The van der Waals surface area contributed by atoms with E-state index < -0.39 is 0 Å². The summed E-state index contributed by atoms with van der Waals surface area (Å²) < 4.78 is 10.0. The molecule has 14 heteroatoms. The molecule has 1 aliphatic carbocycles. The fraction of sp³-hybridized carbons (Fsp3) is 0.467. The van der Waals surface area contributed by atoms with Gasteiger partial charge < -0.3 is 25.3 Å². The van der Waals surface area contributed by atoms with Crippen LogP contribution in [0.1, 0.15) is 57.5 Å². The Hall–Kier alpha value is -4.23. The summed E-state index contributed by atoms with van der Waals surface area (Å²) in [5, 5.41) is 8.64. The number of carbonyl (C=O) groups is 1. The molecule has 5 heterocycles. The van der Waals surface area contributed by atoms with Crippen LogP contribution in [-0.2, 0) is 17.3 Å². The molecule has 13 nitrogen and oxygen atoms in total. The summed E-state index contributed by atoms with van der Waals surface area (Å²) in [6.07, 6.45) is 8.69. The molecule has 3 N–H and O–H groups in total. The van der Waals surface area contributed by atoms with Crippen LogP contribution >= 0.6 is 11.6 Å². The van der Waals surface area contributed by atoms with Crippen LogP contribution in [0.25, 0.3) is 16.9 Å². The molecule has 44 heavy (non-hydrogen) atoms. The number of fused-ring (bicyclic) bond motifs is 1. The maximum absolute atomic E-state index is 12.4. The zero-order valence-electron chi connectivity index (χ0n) is 25.9. The van der Waals surface area contributed by atoms with E-state index >= 15 is 0 Å². The number of imidazole rings is 1. The highest BCUT2D eigenvalue weighted by atomic mass is 35.5.